The second-order valence-corrected chi connectivity index (χ2v) is 7.85. The van der Waals surface area contributed by atoms with Crippen LogP contribution in [0.5, 0.6) is 0 Å². The molecule has 1 unspecified atom stereocenters. The Labute approximate surface area is 131 Å². The van der Waals surface area contributed by atoms with E-state index in [1.807, 2.05) is 0 Å². The van der Waals surface area contributed by atoms with E-state index in [4.69, 9.17) is 9.73 Å². The number of nitrogens with one attached hydrogen (secondary N) is 2. The van der Waals surface area contributed by atoms with Crippen molar-refractivity contribution in [3.8, 4) is 10.6 Å². The molecule has 1 amide bonds. The van der Waals surface area contributed by atoms with Gasteiger partial charge >= 0.3 is 0 Å². The molecule has 0 aliphatic heterocycles. The van der Waals surface area contributed by atoms with E-state index in [0.717, 1.165) is 11.3 Å². The fourth-order valence-corrected chi connectivity index (χ4v) is 4.36. The van der Waals surface area contributed by atoms with E-state index in [2.05, 4.69) is 9.88 Å². The average Bonchev–Trinajstić information content (AvgIpc) is 3.13. The third-order valence-corrected chi connectivity index (χ3v) is 5.92. The van der Waals surface area contributed by atoms with E-state index in [9.17, 15) is 13.2 Å². The topological polar surface area (TPSA) is 122 Å². The highest BCUT2D eigenvalue weighted by Crippen LogP contribution is 2.29. The lowest BCUT2D eigenvalue weighted by molar-refractivity contribution is -0.131. The lowest BCUT2D eigenvalue weighted by Crippen LogP contribution is -2.48. The summed E-state index contributed by atoms with van der Waals surface area (Å²) in [6.07, 6.45) is 1.39. The van der Waals surface area contributed by atoms with Gasteiger partial charge < -0.3 is 4.52 Å². The molecule has 2 heterocycles. The van der Waals surface area contributed by atoms with Gasteiger partial charge in [0.05, 0.1) is 4.88 Å². The van der Waals surface area contributed by atoms with Crippen LogP contribution in [-0.2, 0) is 14.8 Å². The van der Waals surface area contributed by atoms with Gasteiger partial charge in [0.1, 0.15) is 22.2 Å². The smallest absolute Gasteiger partial charge is 0.261 e. The number of aromatic nitrogens is 1. The molecule has 120 valence electrons. The van der Waals surface area contributed by atoms with Crippen LogP contribution in [0.2, 0.25) is 0 Å². The van der Waals surface area contributed by atoms with Crippen LogP contribution >= 0.6 is 11.3 Å². The predicted octanol–water partition coefficient (Wildman–Crippen LogP) is 1.21. The van der Waals surface area contributed by atoms with Gasteiger partial charge in [0, 0.05) is 6.07 Å². The number of hydroxylamine groups is 1. The van der Waals surface area contributed by atoms with Gasteiger partial charge in [0.2, 0.25) is 0 Å². The summed E-state index contributed by atoms with van der Waals surface area (Å²) in [5.74, 6) is -1.15. The van der Waals surface area contributed by atoms with Crippen LogP contribution in [0.15, 0.2) is 33.2 Å². The predicted molar refractivity (Wildman–Crippen MR) is 78.7 cm³/mol. The Bertz CT molecular complexity index is 737. The molecule has 0 aliphatic carbocycles. The largest absolute Gasteiger partial charge is 0.364 e. The highest BCUT2D eigenvalue weighted by molar-refractivity contribution is 7.91. The minimum absolute atomic E-state index is 0.0434. The maximum absolute atomic E-state index is 12.3. The number of hydrogen-bond acceptors (Lipinski definition) is 7. The third-order valence-electron chi connectivity index (χ3n) is 2.88. The summed E-state index contributed by atoms with van der Waals surface area (Å²) in [5, 5.41) is 12.4. The maximum atomic E-state index is 12.3. The zero-order chi connectivity index (χ0) is 16.3. The molecule has 2 aromatic heterocycles. The van der Waals surface area contributed by atoms with Gasteiger partial charge in [0.15, 0.2) is 0 Å². The fourth-order valence-electron chi connectivity index (χ4n) is 1.73. The first-order valence-corrected chi connectivity index (χ1v) is 8.62. The van der Waals surface area contributed by atoms with Crippen molar-refractivity contribution in [2.45, 2.75) is 24.1 Å². The van der Waals surface area contributed by atoms with Crippen LogP contribution < -0.4 is 10.2 Å². The van der Waals surface area contributed by atoms with Crippen molar-refractivity contribution >= 4 is 27.3 Å². The van der Waals surface area contributed by atoms with Gasteiger partial charge in [-0.25, -0.2) is 13.9 Å². The Morgan fingerprint density at radius 2 is 2.09 bits per heavy atom. The Morgan fingerprint density at radius 3 is 2.64 bits per heavy atom. The van der Waals surface area contributed by atoms with E-state index in [-0.39, 0.29) is 10.1 Å². The minimum atomic E-state index is -3.89. The zero-order valence-corrected chi connectivity index (χ0v) is 13.4. The Kier molecular flexibility index (Phi) is 4.96. The summed E-state index contributed by atoms with van der Waals surface area (Å²) in [6, 6.07) is 3.57. The van der Waals surface area contributed by atoms with Crippen molar-refractivity contribution in [3.05, 3.63) is 24.5 Å². The third kappa shape index (κ3) is 3.53. The molecule has 2 rings (SSSR count). The molecule has 0 spiro atoms. The van der Waals surface area contributed by atoms with E-state index in [1.54, 1.807) is 26.0 Å². The molecule has 1 atom stereocenters. The summed E-state index contributed by atoms with van der Waals surface area (Å²) in [5.41, 5.74) is 1.99. The fraction of sp³-hybridized carbons (Fsp3) is 0.333. The van der Waals surface area contributed by atoms with Crippen molar-refractivity contribution in [1.82, 2.24) is 15.4 Å². The van der Waals surface area contributed by atoms with Crippen molar-refractivity contribution in [2.24, 2.45) is 5.92 Å². The molecule has 0 aromatic carbocycles. The molecule has 0 aliphatic rings. The van der Waals surface area contributed by atoms with E-state index in [1.165, 1.54) is 17.8 Å². The Hall–Kier alpha value is -1.75. The molecule has 0 fully saturated rings. The van der Waals surface area contributed by atoms with Gasteiger partial charge in [-0.05, 0) is 18.1 Å². The number of amides is 1. The number of carbonyl (C=O) groups is 1. The first kappa shape index (κ1) is 16.6. The van der Waals surface area contributed by atoms with Crippen LogP contribution in [0.25, 0.3) is 10.6 Å². The molecule has 2 aromatic rings. The van der Waals surface area contributed by atoms with Crippen molar-refractivity contribution in [1.29, 1.82) is 0 Å². The summed E-state index contributed by atoms with van der Waals surface area (Å²) >= 11 is 1.00. The quantitative estimate of drug-likeness (QED) is 0.534. The molecule has 22 heavy (non-hydrogen) atoms. The number of thiophene rings is 1. The normalized spacial score (nSPS) is 13.3. The molecule has 0 bridgehead atoms. The first-order chi connectivity index (χ1) is 10.3. The van der Waals surface area contributed by atoms with Crippen LogP contribution in [0, 0.1) is 5.92 Å². The summed E-state index contributed by atoms with van der Waals surface area (Å²) < 4.78 is 31.7. The molecule has 0 radical (unpaired) electrons. The molecule has 10 heteroatoms. The number of carbonyl (C=O) groups excluding carboxylic acids is 1. The summed E-state index contributed by atoms with van der Waals surface area (Å²) in [4.78, 5) is 12.2. The second-order valence-electron chi connectivity index (χ2n) is 4.82. The first-order valence-electron chi connectivity index (χ1n) is 6.32. The van der Waals surface area contributed by atoms with E-state index in [0.29, 0.717) is 10.6 Å². The highest BCUT2D eigenvalue weighted by atomic mass is 32.2. The van der Waals surface area contributed by atoms with Crippen LogP contribution in [-0.4, -0.2) is 30.7 Å². The van der Waals surface area contributed by atoms with Gasteiger partial charge in [-0.15, -0.1) is 11.3 Å². The van der Waals surface area contributed by atoms with Crippen LogP contribution in [0.4, 0.5) is 0 Å². The zero-order valence-electron chi connectivity index (χ0n) is 11.8. The SMILES string of the molecule is CC(C)C(NS(=O)(=O)c1ccc(-c2ccon2)s1)C(=O)NO. The number of sulfonamides is 1. The Morgan fingerprint density at radius 1 is 1.36 bits per heavy atom. The standard InChI is InChI=1S/C12H15N3O5S2/c1-7(2)11(12(16)13-17)15-22(18,19)10-4-3-9(21-10)8-5-6-20-14-8/h3-7,11,15,17H,1-2H3,(H,13,16). The summed E-state index contributed by atoms with van der Waals surface area (Å²) in [6.45, 7) is 3.33. The lowest BCUT2D eigenvalue weighted by atomic mass is 10.1. The molecule has 8 nitrogen and oxygen atoms in total. The summed E-state index contributed by atoms with van der Waals surface area (Å²) in [7, 11) is -3.89. The van der Waals surface area contributed by atoms with Crippen LogP contribution in [0.1, 0.15) is 13.8 Å². The molecule has 3 N–H and O–H groups in total. The van der Waals surface area contributed by atoms with Crippen molar-refractivity contribution < 1.29 is 22.9 Å². The minimum Gasteiger partial charge on any atom is -0.364 e. The molecule has 0 saturated heterocycles. The van der Waals surface area contributed by atoms with Gasteiger partial charge in [-0.3, -0.25) is 10.0 Å². The Balaban J connectivity index is 2.25. The van der Waals surface area contributed by atoms with Crippen molar-refractivity contribution in [2.75, 3.05) is 0 Å². The van der Waals surface area contributed by atoms with Crippen molar-refractivity contribution in [3.63, 3.8) is 0 Å². The van der Waals surface area contributed by atoms with Crippen LogP contribution in [0.3, 0.4) is 0 Å². The maximum Gasteiger partial charge on any atom is 0.261 e. The molecular weight excluding hydrogens is 330 g/mol. The number of hydrogen-bond donors (Lipinski definition) is 3. The monoisotopic (exact) mass is 345 g/mol. The van der Waals surface area contributed by atoms with E-state index >= 15 is 0 Å². The molecular formula is C12H15N3O5S2. The highest BCUT2D eigenvalue weighted by Gasteiger charge is 2.29. The van der Waals surface area contributed by atoms with Gasteiger partial charge in [-0.2, -0.15) is 4.72 Å². The van der Waals surface area contributed by atoms with Gasteiger partial charge in [-0.1, -0.05) is 19.0 Å². The second kappa shape index (κ2) is 6.57. The number of rotatable bonds is 6. The van der Waals surface area contributed by atoms with E-state index < -0.39 is 22.0 Å². The lowest BCUT2D eigenvalue weighted by Gasteiger charge is -2.19. The average molecular weight is 345 g/mol. The van der Waals surface area contributed by atoms with Gasteiger partial charge in [0.25, 0.3) is 15.9 Å². The molecule has 0 saturated carbocycles. The number of nitrogens with zero attached hydrogens (tertiary/aromatic N) is 1.